The predicted molar refractivity (Wildman–Crippen MR) is 70.9 cm³/mol. The molecule has 0 unspecified atom stereocenters. The van der Waals surface area contributed by atoms with E-state index in [1.165, 1.54) is 0 Å². The van der Waals surface area contributed by atoms with Crippen LogP contribution in [0.5, 0.6) is 0 Å². The molecule has 0 aliphatic heterocycles. The minimum atomic E-state index is -0.0832. The van der Waals surface area contributed by atoms with Gasteiger partial charge in [0.1, 0.15) is 6.54 Å². The molecule has 1 fully saturated rings. The van der Waals surface area contributed by atoms with Crippen LogP contribution in [0.2, 0.25) is 0 Å². The van der Waals surface area contributed by atoms with Crippen molar-refractivity contribution in [2.75, 3.05) is 11.9 Å². The molecule has 1 aromatic carbocycles. The van der Waals surface area contributed by atoms with Crippen molar-refractivity contribution in [2.45, 2.75) is 18.9 Å². The molecule has 18 heavy (non-hydrogen) atoms. The first-order valence-electron chi connectivity index (χ1n) is 5.90. The maximum absolute atomic E-state index is 11.5. The predicted octanol–water partition coefficient (Wildman–Crippen LogP) is 0.196. The number of hydrogen-bond donors (Lipinski definition) is 4. The second-order valence-corrected chi connectivity index (χ2v) is 4.14. The summed E-state index contributed by atoms with van der Waals surface area (Å²) in [5, 5.41) is 5.84. The molecule has 0 aromatic heterocycles. The fourth-order valence-corrected chi connectivity index (χ4v) is 1.43. The van der Waals surface area contributed by atoms with E-state index in [9.17, 15) is 4.79 Å². The normalized spacial score (nSPS) is 15.1. The molecule has 6 nitrogen and oxygen atoms in total. The number of amides is 1. The third kappa shape index (κ3) is 4.06. The van der Waals surface area contributed by atoms with E-state index in [0.717, 1.165) is 18.5 Å². The number of carbonyl (C=O) groups excluding carboxylic acids is 1. The van der Waals surface area contributed by atoms with E-state index >= 15 is 0 Å². The number of nitrogens with one attached hydrogen (secondary N) is 3. The molecule has 96 valence electrons. The first-order chi connectivity index (χ1) is 8.78. The van der Waals surface area contributed by atoms with E-state index in [0.29, 0.717) is 12.0 Å². The number of carbonyl (C=O) groups is 1. The summed E-state index contributed by atoms with van der Waals surface area (Å²) >= 11 is 0. The number of hydrogen-bond acceptors (Lipinski definition) is 3. The quantitative estimate of drug-likeness (QED) is 0.265. The van der Waals surface area contributed by atoms with Crippen molar-refractivity contribution >= 4 is 17.6 Å². The number of para-hydroxylation sites is 1. The summed E-state index contributed by atoms with van der Waals surface area (Å²) in [4.78, 5) is 15.5. The molecule has 0 atom stereocenters. The van der Waals surface area contributed by atoms with Crippen LogP contribution in [0.25, 0.3) is 0 Å². The highest BCUT2D eigenvalue weighted by Gasteiger charge is 2.22. The van der Waals surface area contributed by atoms with Gasteiger partial charge in [-0.3, -0.25) is 10.2 Å². The van der Waals surface area contributed by atoms with E-state index in [-0.39, 0.29) is 12.5 Å². The van der Waals surface area contributed by atoms with E-state index < -0.39 is 0 Å². The molecular weight excluding hydrogens is 230 g/mol. The monoisotopic (exact) mass is 247 g/mol. The first kappa shape index (κ1) is 12.4. The first-order valence-corrected chi connectivity index (χ1v) is 5.90. The summed E-state index contributed by atoms with van der Waals surface area (Å²) in [7, 11) is 0. The number of guanidine groups is 1. The van der Waals surface area contributed by atoms with Crippen LogP contribution in [0.3, 0.4) is 0 Å². The van der Waals surface area contributed by atoms with Crippen LogP contribution >= 0.6 is 0 Å². The Labute approximate surface area is 106 Å². The molecule has 5 N–H and O–H groups in total. The van der Waals surface area contributed by atoms with Crippen molar-refractivity contribution in [3.05, 3.63) is 30.3 Å². The Morgan fingerprint density at radius 1 is 1.33 bits per heavy atom. The number of hydrazine groups is 1. The van der Waals surface area contributed by atoms with Gasteiger partial charge in [0.2, 0.25) is 11.9 Å². The van der Waals surface area contributed by atoms with E-state index in [1.807, 2.05) is 30.3 Å². The maximum atomic E-state index is 11.5. The van der Waals surface area contributed by atoms with Crippen molar-refractivity contribution in [3.63, 3.8) is 0 Å². The smallest absolute Gasteiger partial charge is 0.242 e. The van der Waals surface area contributed by atoms with Crippen molar-refractivity contribution in [3.8, 4) is 0 Å². The zero-order chi connectivity index (χ0) is 12.8. The number of benzene rings is 1. The second-order valence-electron chi connectivity index (χ2n) is 4.14. The zero-order valence-electron chi connectivity index (χ0n) is 10.0. The van der Waals surface area contributed by atoms with Gasteiger partial charge in [-0.1, -0.05) is 18.2 Å². The molecule has 0 radical (unpaired) electrons. The number of rotatable bonds is 4. The molecule has 0 bridgehead atoms. The van der Waals surface area contributed by atoms with Gasteiger partial charge in [0.05, 0.1) is 0 Å². The van der Waals surface area contributed by atoms with Crippen molar-refractivity contribution in [2.24, 2.45) is 10.8 Å². The lowest BCUT2D eigenvalue weighted by Gasteiger charge is -2.08. The lowest BCUT2D eigenvalue weighted by Crippen LogP contribution is -2.37. The number of anilines is 1. The largest absolute Gasteiger partial charge is 0.352 e. The molecule has 0 spiro atoms. The summed E-state index contributed by atoms with van der Waals surface area (Å²) in [6, 6.07) is 9.84. The minimum absolute atomic E-state index is 0.0653. The Bertz CT molecular complexity index is 427. The van der Waals surface area contributed by atoms with Gasteiger partial charge in [0, 0.05) is 11.7 Å². The lowest BCUT2D eigenvalue weighted by molar-refractivity contribution is -0.119. The van der Waals surface area contributed by atoms with Crippen LogP contribution < -0.4 is 21.9 Å². The molecule has 1 saturated carbocycles. The van der Waals surface area contributed by atoms with Gasteiger partial charge in [-0.25, -0.2) is 10.8 Å². The third-order valence-electron chi connectivity index (χ3n) is 2.50. The van der Waals surface area contributed by atoms with E-state index in [2.05, 4.69) is 21.1 Å². The summed E-state index contributed by atoms with van der Waals surface area (Å²) in [6.07, 6.45) is 2.14. The van der Waals surface area contributed by atoms with Gasteiger partial charge in [-0.15, -0.1) is 0 Å². The molecule has 1 aliphatic carbocycles. The molecular formula is C12H17N5O. The highest BCUT2D eigenvalue weighted by Crippen LogP contribution is 2.18. The fraction of sp³-hybridized carbons (Fsp3) is 0.333. The lowest BCUT2D eigenvalue weighted by atomic mass is 10.3. The van der Waals surface area contributed by atoms with E-state index in [4.69, 9.17) is 5.84 Å². The molecule has 1 aromatic rings. The van der Waals surface area contributed by atoms with Gasteiger partial charge in [-0.2, -0.15) is 0 Å². The van der Waals surface area contributed by atoms with Crippen molar-refractivity contribution < 1.29 is 4.79 Å². The standard InChI is InChI=1S/C12H17N5O/c13-17-12(16-9-4-2-1-3-5-9)14-8-11(18)15-10-6-7-10/h1-5,10H,6-8,13H2,(H,15,18)(H2,14,16,17). The topological polar surface area (TPSA) is 91.5 Å². The summed E-state index contributed by atoms with van der Waals surface area (Å²) in [5.41, 5.74) is 3.29. The van der Waals surface area contributed by atoms with Gasteiger partial charge < -0.3 is 10.6 Å². The van der Waals surface area contributed by atoms with Crippen LogP contribution in [0.1, 0.15) is 12.8 Å². The van der Waals surface area contributed by atoms with E-state index in [1.54, 1.807) is 0 Å². The Morgan fingerprint density at radius 2 is 2.06 bits per heavy atom. The van der Waals surface area contributed by atoms with Crippen molar-refractivity contribution in [1.82, 2.24) is 10.7 Å². The van der Waals surface area contributed by atoms with Gasteiger partial charge in [0.15, 0.2) is 0 Å². The molecule has 1 aliphatic rings. The average molecular weight is 247 g/mol. The second kappa shape index (κ2) is 6.02. The Hall–Kier alpha value is -2.08. The molecule has 0 heterocycles. The molecule has 2 rings (SSSR count). The number of nitrogens with zero attached hydrogens (tertiary/aromatic N) is 1. The summed E-state index contributed by atoms with van der Waals surface area (Å²) in [6.45, 7) is 0.0653. The Balaban J connectivity index is 1.85. The van der Waals surface area contributed by atoms with Crippen LogP contribution in [0, 0.1) is 0 Å². The summed E-state index contributed by atoms with van der Waals surface area (Å²) < 4.78 is 0. The summed E-state index contributed by atoms with van der Waals surface area (Å²) in [5.74, 6) is 5.63. The zero-order valence-corrected chi connectivity index (χ0v) is 10.0. The van der Waals surface area contributed by atoms with Crippen LogP contribution in [-0.2, 0) is 4.79 Å². The average Bonchev–Trinajstić information content (AvgIpc) is 3.19. The van der Waals surface area contributed by atoms with Gasteiger partial charge in [-0.05, 0) is 25.0 Å². The SMILES string of the molecule is NNC(=NCC(=O)NC1CC1)Nc1ccccc1. The third-order valence-corrected chi connectivity index (χ3v) is 2.50. The van der Waals surface area contributed by atoms with Crippen LogP contribution in [0.15, 0.2) is 35.3 Å². The number of aliphatic imine (C=N–C) groups is 1. The minimum Gasteiger partial charge on any atom is -0.352 e. The Kier molecular flexibility index (Phi) is 4.14. The number of nitrogens with two attached hydrogens (primary N) is 1. The maximum Gasteiger partial charge on any atom is 0.242 e. The molecule has 6 heteroatoms. The van der Waals surface area contributed by atoms with Crippen LogP contribution in [0.4, 0.5) is 5.69 Å². The Morgan fingerprint density at radius 3 is 2.67 bits per heavy atom. The van der Waals surface area contributed by atoms with Crippen molar-refractivity contribution in [1.29, 1.82) is 0 Å². The van der Waals surface area contributed by atoms with Crippen LogP contribution in [-0.4, -0.2) is 24.5 Å². The molecule has 1 amide bonds. The van der Waals surface area contributed by atoms with Gasteiger partial charge in [0.25, 0.3) is 0 Å². The fourth-order valence-electron chi connectivity index (χ4n) is 1.43. The molecule has 0 saturated heterocycles. The highest BCUT2D eigenvalue weighted by atomic mass is 16.2. The highest BCUT2D eigenvalue weighted by molar-refractivity contribution is 5.94. The van der Waals surface area contributed by atoms with Gasteiger partial charge >= 0.3 is 0 Å².